The quantitative estimate of drug-likeness (QED) is 0.572. The van der Waals surface area contributed by atoms with Gasteiger partial charge in [0.15, 0.2) is 6.23 Å². The third kappa shape index (κ3) is 3.06. The van der Waals surface area contributed by atoms with Gasteiger partial charge in [-0.3, -0.25) is 9.89 Å². The van der Waals surface area contributed by atoms with Crippen molar-refractivity contribution in [2.45, 2.75) is 43.3 Å². The highest BCUT2D eigenvalue weighted by Gasteiger charge is 2.48. The van der Waals surface area contributed by atoms with Gasteiger partial charge in [-0.1, -0.05) is 23.7 Å². The predicted octanol–water partition coefficient (Wildman–Crippen LogP) is 0.938. The van der Waals surface area contributed by atoms with Gasteiger partial charge in [-0.25, -0.2) is 4.99 Å². The molecule has 1 unspecified atom stereocenters. The summed E-state index contributed by atoms with van der Waals surface area (Å²) in [6, 6.07) is 8.34. The van der Waals surface area contributed by atoms with Crippen LogP contribution in [-0.4, -0.2) is 73.2 Å². The van der Waals surface area contributed by atoms with E-state index in [-0.39, 0.29) is 0 Å². The van der Waals surface area contributed by atoms with E-state index < -0.39 is 36.9 Å². The van der Waals surface area contributed by atoms with Gasteiger partial charge in [-0.05, 0) is 23.8 Å². The minimum Gasteiger partial charge on any atom is -0.387 e. The van der Waals surface area contributed by atoms with Crippen LogP contribution < -0.4 is 0 Å². The van der Waals surface area contributed by atoms with E-state index >= 15 is 0 Å². The zero-order chi connectivity index (χ0) is 21.0. The van der Waals surface area contributed by atoms with Crippen LogP contribution in [-0.2, 0) is 4.74 Å². The van der Waals surface area contributed by atoms with Crippen LogP contribution in [0.15, 0.2) is 46.5 Å². The number of hydrogen-bond donors (Lipinski definition) is 4. The summed E-state index contributed by atoms with van der Waals surface area (Å²) in [6.45, 7) is 0.502. The molecule has 4 N–H and O–H groups in total. The highest BCUT2D eigenvalue weighted by molar-refractivity contribution is 6.30. The van der Waals surface area contributed by atoms with Crippen LogP contribution in [0, 0.1) is 0 Å². The van der Waals surface area contributed by atoms with E-state index in [1.165, 1.54) is 6.34 Å². The lowest BCUT2D eigenvalue weighted by molar-refractivity contribution is -0.0854. The van der Waals surface area contributed by atoms with Crippen LogP contribution in [0.5, 0.6) is 0 Å². The van der Waals surface area contributed by atoms with Crippen molar-refractivity contribution >= 4 is 29.6 Å². The van der Waals surface area contributed by atoms with Gasteiger partial charge >= 0.3 is 0 Å². The number of amidine groups is 1. The van der Waals surface area contributed by atoms with Gasteiger partial charge in [0.25, 0.3) is 0 Å². The molecule has 0 bridgehead atoms. The molecule has 0 spiro atoms. The summed E-state index contributed by atoms with van der Waals surface area (Å²) in [6.07, 6.45) is -2.71. The van der Waals surface area contributed by atoms with E-state index in [0.29, 0.717) is 40.8 Å². The van der Waals surface area contributed by atoms with Gasteiger partial charge in [-0.2, -0.15) is 0 Å². The lowest BCUT2D eigenvalue weighted by atomic mass is 9.99. The second kappa shape index (κ2) is 7.45. The highest BCUT2D eigenvalue weighted by Crippen LogP contribution is 2.40. The molecule has 30 heavy (non-hydrogen) atoms. The number of benzene rings is 1. The molecule has 6 atom stereocenters. The minimum atomic E-state index is -1.31. The van der Waals surface area contributed by atoms with Crippen molar-refractivity contribution in [2.24, 2.45) is 9.98 Å². The molecule has 158 valence electrons. The monoisotopic (exact) mass is 432 g/mol. The number of fused-ring (bicyclic) bond motifs is 3. The first-order valence-electron chi connectivity index (χ1n) is 9.67. The molecule has 1 fully saturated rings. The van der Waals surface area contributed by atoms with Crippen LogP contribution in [0.25, 0.3) is 0 Å². The van der Waals surface area contributed by atoms with Gasteiger partial charge in [0.1, 0.15) is 48.6 Å². The second-order valence-corrected chi connectivity index (χ2v) is 7.99. The molecule has 3 aliphatic rings. The van der Waals surface area contributed by atoms with Crippen LogP contribution >= 0.6 is 11.6 Å². The molecular formula is C20H21ClN4O5. The van der Waals surface area contributed by atoms with Crippen molar-refractivity contribution in [1.29, 1.82) is 0 Å². The molecule has 1 aromatic carbocycles. The molecule has 4 heterocycles. The number of halogens is 1. The maximum Gasteiger partial charge on any atom is 0.164 e. The Morgan fingerprint density at radius 1 is 1.10 bits per heavy atom. The molecule has 2 aromatic rings. The second-order valence-electron chi connectivity index (χ2n) is 7.56. The highest BCUT2D eigenvalue weighted by atomic mass is 35.5. The molecular weight excluding hydrogens is 412 g/mol. The van der Waals surface area contributed by atoms with Crippen molar-refractivity contribution in [3.8, 4) is 0 Å². The van der Waals surface area contributed by atoms with Gasteiger partial charge in [0.05, 0.1) is 5.56 Å². The fourth-order valence-corrected chi connectivity index (χ4v) is 4.23. The molecule has 10 heteroatoms. The first kappa shape index (κ1) is 19.7. The number of aliphatic hydroxyl groups excluding tert-OH is 4. The Bertz CT molecular complexity index is 1010. The van der Waals surface area contributed by atoms with Crippen molar-refractivity contribution in [1.82, 2.24) is 9.47 Å². The van der Waals surface area contributed by atoms with E-state index in [9.17, 15) is 20.4 Å². The van der Waals surface area contributed by atoms with Gasteiger partial charge < -0.3 is 29.7 Å². The summed E-state index contributed by atoms with van der Waals surface area (Å²) in [5, 5.41) is 42.6. The Morgan fingerprint density at radius 3 is 2.63 bits per heavy atom. The topological polar surface area (TPSA) is 123 Å². The summed E-state index contributed by atoms with van der Waals surface area (Å²) in [7, 11) is 0. The Kier molecular flexibility index (Phi) is 4.89. The van der Waals surface area contributed by atoms with Crippen LogP contribution in [0.4, 0.5) is 5.82 Å². The summed E-state index contributed by atoms with van der Waals surface area (Å²) >= 11 is 5.90. The zero-order valence-corrected chi connectivity index (χ0v) is 16.5. The molecule has 0 saturated carbocycles. The van der Waals surface area contributed by atoms with E-state index in [0.717, 1.165) is 0 Å². The van der Waals surface area contributed by atoms with Gasteiger partial charge in [0, 0.05) is 24.2 Å². The third-order valence-corrected chi connectivity index (χ3v) is 5.97. The van der Waals surface area contributed by atoms with Crippen LogP contribution in [0.2, 0.25) is 5.02 Å². The average Bonchev–Trinajstić information content (AvgIpc) is 3.30. The minimum absolute atomic E-state index is 0.497. The maximum absolute atomic E-state index is 10.7. The van der Waals surface area contributed by atoms with E-state index in [4.69, 9.17) is 16.3 Å². The Morgan fingerprint density at radius 2 is 1.87 bits per heavy atom. The first-order valence-corrected chi connectivity index (χ1v) is 10.0. The molecule has 0 amide bonds. The van der Waals surface area contributed by atoms with Gasteiger partial charge in [0.2, 0.25) is 0 Å². The average molecular weight is 433 g/mol. The van der Waals surface area contributed by atoms with Crippen molar-refractivity contribution < 1.29 is 25.2 Å². The zero-order valence-electron chi connectivity index (χ0n) is 15.8. The number of nitrogens with zero attached hydrogens (tertiary/aromatic N) is 4. The number of aliphatic imine (C=N–C) groups is 2. The molecule has 1 saturated heterocycles. The number of aromatic nitrogens is 1. The maximum atomic E-state index is 10.7. The third-order valence-electron chi connectivity index (χ3n) is 5.72. The van der Waals surface area contributed by atoms with Crippen molar-refractivity contribution in [3.05, 3.63) is 52.7 Å². The number of hydrogen-bond acceptors (Lipinski definition) is 8. The summed E-state index contributed by atoms with van der Waals surface area (Å²) in [5.74, 6) is 1.10. The fraction of sp³-hybridized carbons (Fsp3) is 0.400. The Hall–Kier alpha value is -2.27. The first-order chi connectivity index (χ1) is 14.5. The smallest absolute Gasteiger partial charge is 0.164 e. The predicted molar refractivity (Wildman–Crippen MR) is 109 cm³/mol. The van der Waals surface area contributed by atoms with Gasteiger partial charge in [-0.15, -0.1) is 0 Å². The van der Waals surface area contributed by atoms with E-state index in [1.807, 2.05) is 0 Å². The standard InChI is InChI=1S/C20H21ClN4O5/c21-11-3-1-10(2-4-11)14(27)17-15(28)16(29)20(30-17)24-8-6-12-18-22-7-5-13(26)25(18)9-23-19(12)24/h1-4,6,8-9,13-17,20,26-29H,5,7H2/t13?,14-,15+,16-,17-,20-/m1/s1. The fourth-order valence-electron chi connectivity index (χ4n) is 4.10. The molecule has 0 radical (unpaired) electrons. The number of aliphatic hydroxyl groups is 4. The molecule has 9 nitrogen and oxygen atoms in total. The summed E-state index contributed by atoms with van der Waals surface area (Å²) in [4.78, 5) is 10.5. The molecule has 3 aliphatic heterocycles. The largest absolute Gasteiger partial charge is 0.387 e. The number of ether oxygens (including phenoxy) is 1. The normalized spacial score (nSPS) is 31.3. The summed E-state index contributed by atoms with van der Waals surface area (Å²) < 4.78 is 7.51. The number of rotatable bonds is 3. The van der Waals surface area contributed by atoms with Crippen LogP contribution in [0.3, 0.4) is 0 Å². The van der Waals surface area contributed by atoms with Crippen LogP contribution in [0.1, 0.15) is 29.9 Å². The lowest BCUT2D eigenvalue weighted by Gasteiger charge is -2.32. The van der Waals surface area contributed by atoms with E-state index in [1.54, 1.807) is 46.0 Å². The molecule has 1 aromatic heterocycles. The SMILES string of the molecule is OC1CCN=C2c3ccn([C@@H]4O[C@H]([C@H](O)c5ccc(Cl)cc5)[C@@H](O)[C@H]4O)c3N=CN21. The van der Waals surface area contributed by atoms with Crippen molar-refractivity contribution in [2.75, 3.05) is 6.54 Å². The van der Waals surface area contributed by atoms with Crippen molar-refractivity contribution in [3.63, 3.8) is 0 Å². The summed E-state index contributed by atoms with van der Waals surface area (Å²) in [5.41, 5.74) is 1.22. The molecule has 0 aliphatic carbocycles. The molecule has 5 rings (SSSR count). The lowest BCUT2D eigenvalue weighted by Crippen LogP contribution is -2.44. The van der Waals surface area contributed by atoms with E-state index in [2.05, 4.69) is 9.98 Å². The Labute approximate surface area is 177 Å². The Balaban J connectivity index is 1.44.